The first-order valence-corrected chi connectivity index (χ1v) is 10.0. The largest absolute Gasteiger partial charge is 0.368 e. The SMILES string of the molecule is CC1(C)OC(C)(CCCCCCC2(C)OC(C)(C)C2(C)C)C1(C)C. The van der Waals surface area contributed by atoms with E-state index >= 15 is 0 Å². The van der Waals surface area contributed by atoms with Crippen LogP contribution in [0.4, 0.5) is 0 Å². The molecule has 0 saturated carbocycles. The summed E-state index contributed by atoms with van der Waals surface area (Å²) >= 11 is 0. The van der Waals surface area contributed by atoms with Crippen LogP contribution in [0.2, 0.25) is 0 Å². The van der Waals surface area contributed by atoms with Gasteiger partial charge in [-0.05, 0) is 54.4 Å². The lowest BCUT2D eigenvalue weighted by Crippen LogP contribution is -2.70. The molecule has 2 rings (SSSR count). The monoisotopic (exact) mass is 338 g/mol. The molecule has 0 spiro atoms. The molecule has 0 amide bonds. The molecule has 0 aromatic heterocycles. The lowest BCUT2D eigenvalue weighted by Gasteiger charge is -2.65. The zero-order valence-electron chi connectivity index (χ0n) is 18.1. The molecule has 0 aliphatic carbocycles. The number of unbranched alkanes of at least 4 members (excludes halogenated alkanes) is 3. The first-order valence-electron chi connectivity index (χ1n) is 10.0. The molecule has 2 nitrogen and oxygen atoms in total. The van der Waals surface area contributed by atoms with E-state index in [0.717, 1.165) is 0 Å². The van der Waals surface area contributed by atoms with Crippen LogP contribution in [0.3, 0.4) is 0 Å². The summed E-state index contributed by atoms with van der Waals surface area (Å²) in [5, 5.41) is 0. The van der Waals surface area contributed by atoms with E-state index in [9.17, 15) is 0 Å². The Morgan fingerprint density at radius 2 is 0.750 bits per heavy atom. The third-order valence-electron chi connectivity index (χ3n) is 8.67. The molecule has 0 aromatic carbocycles. The van der Waals surface area contributed by atoms with Gasteiger partial charge in [-0.3, -0.25) is 0 Å². The number of hydrogen-bond acceptors (Lipinski definition) is 2. The van der Waals surface area contributed by atoms with Gasteiger partial charge in [-0.1, -0.05) is 53.4 Å². The Balaban J connectivity index is 1.67. The summed E-state index contributed by atoms with van der Waals surface area (Å²) in [7, 11) is 0. The van der Waals surface area contributed by atoms with Crippen LogP contribution in [-0.2, 0) is 9.47 Å². The molecular formula is C22H42O2. The highest BCUT2D eigenvalue weighted by atomic mass is 16.6. The second-order valence-electron chi connectivity index (χ2n) is 10.9. The minimum atomic E-state index is 0.0102. The molecule has 2 heteroatoms. The number of hydrogen-bond donors (Lipinski definition) is 0. The second-order valence-corrected chi connectivity index (χ2v) is 10.9. The molecule has 0 N–H and O–H groups in total. The van der Waals surface area contributed by atoms with Crippen molar-refractivity contribution in [1.82, 2.24) is 0 Å². The van der Waals surface area contributed by atoms with Crippen LogP contribution < -0.4 is 0 Å². The average molecular weight is 339 g/mol. The molecular weight excluding hydrogens is 296 g/mol. The van der Waals surface area contributed by atoms with Crippen molar-refractivity contribution in [2.45, 2.75) is 130 Å². The van der Waals surface area contributed by atoms with E-state index in [4.69, 9.17) is 9.47 Å². The van der Waals surface area contributed by atoms with E-state index in [2.05, 4.69) is 69.2 Å². The molecule has 2 atom stereocenters. The second kappa shape index (κ2) is 5.71. The Labute approximate surface area is 151 Å². The fraction of sp³-hybridized carbons (Fsp3) is 1.00. The molecule has 2 fully saturated rings. The van der Waals surface area contributed by atoms with Crippen LogP contribution >= 0.6 is 0 Å². The van der Waals surface area contributed by atoms with Crippen molar-refractivity contribution in [1.29, 1.82) is 0 Å². The molecule has 0 radical (unpaired) electrons. The highest BCUT2D eigenvalue weighted by Gasteiger charge is 2.63. The summed E-state index contributed by atoms with van der Waals surface area (Å²) in [5.41, 5.74) is 0.620. The molecule has 2 heterocycles. The molecule has 24 heavy (non-hydrogen) atoms. The minimum absolute atomic E-state index is 0.0102. The van der Waals surface area contributed by atoms with E-state index in [1.54, 1.807) is 0 Å². The van der Waals surface area contributed by atoms with Crippen molar-refractivity contribution in [3.05, 3.63) is 0 Å². The van der Waals surface area contributed by atoms with Gasteiger partial charge in [0, 0.05) is 10.8 Å². The Kier molecular flexibility index (Phi) is 4.81. The quantitative estimate of drug-likeness (QED) is 0.492. The van der Waals surface area contributed by atoms with Crippen molar-refractivity contribution in [2.24, 2.45) is 10.8 Å². The van der Waals surface area contributed by atoms with Gasteiger partial charge in [0.05, 0.1) is 22.4 Å². The van der Waals surface area contributed by atoms with E-state index in [-0.39, 0.29) is 33.2 Å². The maximum absolute atomic E-state index is 6.25. The number of ether oxygens (including phenoxy) is 2. The standard InChI is InChI=1S/C22H42O2/c1-17(2)19(5,6)23-21(17,9)15-13-11-12-14-16-22(10)18(3,4)20(7,8)24-22/h11-16H2,1-10H3. The average Bonchev–Trinajstić information content (AvgIpc) is 2.41. The summed E-state index contributed by atoms with van der Waals surface area (Å²) in [6.07, 6.45) is 7.49. The molecule has 0 aromatic rings. The van der Waals surface area contributed by atoms with Crippen molar-refractivity contribution < 1.29 is 9.47 Å². The molecule has 0 bridgehead atoms. The fourth-order valence-corrected chi connectivity index (χ4v) is 4.82. The topological polar surface area (TPSA) is 18.5 Å². The lowest BCUT2D eigenvalue weighted by molar-refractivity contribution is -0.351. The van der Waals surface area contributed by atoms with Gasteiger partial charge in [-0.2, -0.15) is 0 Å². The van der Waals surface area contributed by atoms with Gasteiger partial charge in [0.2, 0.25) is 0 Å². The van der Waals surface area contributed by atoms with Gasteiger partial charge in [0.15, 0.2) is 0 Å². The fourth-order valence-electron chi connectivity index (χ4n) is 4.82. The summed E-state index contributed by atoms with van der Waals surface area (Å²) in [6, 6.07) is 0. The van der Waals surface area contributed by atoms with Gasteiger partial charge in [0.25, 0.3) is 0 Å². The van der Waals surface area contributed by atoms with Gasteiger partial charge >= 0.3 is 0 Å². The maximum atomic E-state index is 6.25. The van der Waals surface area contributed by atoms with Crippen LogP contribution in [0.25, 0.3) is 0 Å². The predicted octanol–water partition coefficient (Wildman–Crippen LogP) is 6.51. The normalized spacial score (nSPS) is 38.2. The molecule has 2 aliphatic rings. The Morgan fingerprint density at radius 3 is 0.958 bits per heavy atom. The van der Waals surface area contributed by atoms with Crippen LogP contribution in [0.15, 0.2) is 0 Å². The predicted molar refractivity (Wildman–Crippen MR) is 102 cm³/mol. The van der Waals surface area contributed by atoms with Crippen molar-refractivity contribution in [3.8, 4) is 0 Å². The molecule has 142 valence electrons. The van der Waals surface area contributed by atoms with Crippen molar-refractivity contribution in [2.75, 3.05) is 0 Å². The third kappa shape index (κ3) is 2.76. The molecule has 2 aliphatic heterocycles. The van der Waals surface area contributed by atoms with Gasteiger partial charge in [-0.25, -0.2) is 0 Å². The van der Waals surface area contributed by atoms with Crippen LogP contribution in [0, 0.1) is 10.8 Å². The maximum Gasteiger partial charge on any atom is 0.0740 e. The van der Waals surface area contributed by atoms with Gasteiger partial charge in [0.1, 0.15) is 0 Å². The summed E-state index contributed by atoms with van der Waals surface area (Å²) < 4.78 is 12.5. The van der Waals surface area contributed by atoms with Crippen molar-refractivity contribution >= 4 is 0 Å². The Bertz CT molecular complexity index is 430. The first kappa shape index (κ1) is 20.2. The van der Waals surface area contributed by atoms with Crippen LogP contribution in [0.1, 0.15) is 108 Å². The van der Waals surface area contributed by atoms with Crippen molar-refractivity contribution in [3.63, 3.8) is 0 Å². The Morgan fingerprint density at radius 1 is 0.458 bits per heavy atom. The number of rotatable bonds is 7. The van der Waals surface area contributed by atoms with Crippen LogP contribution in [0.5, 0.6) is 0 Å². The Hall–Kier alpha value is -0.0800. The van der Waals surface area contributed by atoms with E-state index < -0.39 is 0 Å². The minimum Gasteiger partial charge on any atom is -0.368 e. The summed E-state index contributed by atoms with van der Waals surface area (Å²) in [4.78, 5) is 0. The van der Waals surface area contributed by atoms with E-state index in [1.165, 1.54) is 38.5 Å². The first-order chi connectivity index (χ1) is 10.6. The highest BCUT2D eigenvalue weighted by molar-refractivity contribution is 5.12. The molecule has 2 unspecified atom stereocenters. The third-order valence-corrected chi connectivity index (χ3v) is 8.67. The smallest absolute Gasteiger partial charge is 0.0740 e. The van der Waals surface area contributed by atoms with Crippen LogP contribution in [-0.4, -0.2) is 22.4 Å². The van der Waals surface area contributed by atoms with Gasteiger partial charge in [-0.15, -0.1) is 0 Å². The van der Waals surface area contributed by atoms with E-state index in [0.29, 0.717) is 0 Å². The highest BCUT2D eigenvalue weighted by Crippen LogP contribution is 2.59. The van der Waals surface area contributed by atoms with E-state index in [1.807, 2.05) is 0 Å². The summed E-state index contributed by atoms with van der Waals surface area (Å²) in [6.45, 7) is 22.9. The zero-order valence-corrected chi connectivity index (χ0v) is 18.1. The lowest BCUT2D eigenvalue weighted by atomic mass is 9.58. The molecule has 2 saturated heterocycles. The van der Waals surface area contributed by atoms with Gasteiger partial charge < -0.3 is 9.47 Å². The zero-order chi connectivity index (χ0) is 18.7. The summed E-state index contributed by atoms with van der Waals surface area (Å²) in [5.74, 6) is 0.